The molecule has 1 amide bonds. The molecule has 3 heterocycles. The van der Waals surface area contributed by atoms with E-state index in [-0.39, 0.29) is 18.3 Å². The Balaban J connectivity index is 0.00000156. The Morgan fingerprint density at radius 3 is 3.04 bits per heavy atom. The smallest absolute Gasteiger partial charge is 0.293 e. The summed E-state index contributed by atoms with van der Waals surface area (Å²) >= 11 is 1.54. The van der Waals surface area contributed by atoms with E-state index in [1.165, 1.54) is 4.88 Å². The third kappa shape index (κ3) is 3.10. The number of para-hydroxylation sites is 1. The Bertz CT molecular complexity index is 825. The first-order valence-corrected chi connectivity index (χ1v) is 7.98. The Kier molecular flexibility index (Phi) is 4.39. The molecular formula is C16H16ClN3O2S. The molecule has 0 atom stereocenters. The largest absolute Gasteiger partial charge is 0.451 e. The molecule has 0 saturated heterocycles. The number of hydrogen-bond acceptors (Lipinski definition) is 5. The van der Waals surface area contributed by atoms with E-state index >= 15 is 0 Å². The van der Waals surface area contributed by atoms with Crippen LogP contribution in [0, 0.1) is 0 Å². The Hall–Kier alpha value is -1.89. The number of thiazole rings is 1. The van der Waals surface area contributed by atoms with Crippen LogP contribution in [-0.2, 0) is 13.0 Å². The summed E-state index contributed by atoms with van der Waals surface area (Å²) in [7, 11) is 2.09. The number of carbonyl (C=O) groups excluding carboxylic acids is 1. The molecule has 0 aliphatic carbocycles. The van der Waals surface area contributed by atoms with Gasteiger partial charge < -0.3 is 9.32 Å². The first kappa shape index (κ1) is 16.0. The van der Waals surface area contributed by atoms with E-state index in [1.54, 1.807) is 17.4 Å². The van der Waals surface area contributed by atoms with Crippen LogP contribution in [0.2, 0.25) is 0 Å². The first-order chi connectivity index (χ1) is 10.7. The van der Waals surface area contributed by atoms with Crippen LogP contribution in [0.1, 0.15) is 21.1 Å². The van der Waals surface area contributed by atoms with E-state index < -0.39 is 0 Å². The Labute approximate surface area is 143 Å². The summed E-state index contributed by atoms with van der Waals surface area (Å²) < 4.78 is 5.58. The van der Waals surface area contributed by atoms with Gasteiger partial charge in [-0.25, -0.2) is 4.98 Å². The highest BCUT2D eigenvalue weighted by atomic mass is 35.5. The second-order valence-electron chi connectivity index (χ2n) is 5.48. The lowest BCUT2D eigenvalue weighted by atomic mass is 10.2. The third-order valence-electron chi connectivity index (χ3n) is 3.79. The zero-order valence-electron chi connectivity index (χ0n) is 12.5. The molecule has 3 aromatic rings. The summed E-state index contributed by atoms with van der Waals surface area (Å²) in [6.07, 6.45) is 0.933. The van der Waals surface area contributed by atoms with Gasteiger partial charge in [0.05, 0.1) is 5.69 Å². The SMILES string of the molecule is CN1CCc2nc(NC(=O)c3cc4ccccc4o3)sc2C1.Cl. The zero-order chi connectivity index (χ0) is 15.1. The van der Waals surface area contributed by atoms with Gasteiger partial charge in [0, 0.05) is 29.8 Å². The van der Waals surface area contributed by atoms with Gasteiger partial charge in [-0.3, -0.25) is 10.1 Å². The lowest BCUT2D eigenvalue weighted by molar-refractivity contribution is 0.0998. The van der Waals surface area contributed by atoms with Crippen molar-refractivity contribution in [3.05, 3.63) is 46.7 Å². The molecule has 1 aliphatic heterocycles. The molecule has 0 radical (unpaired) electrons. The van der Waals surface area contributed by atoms with Crippen molar-refractivity contribution in [2.75, 3.05) is 18.9 Å². The van der Waals surface area contributed by atoms with Crippen LogP contribution in [0.15, 0.2) is 34.7 Å². The van der Waals surface area contributed by atoms with Crippen LogP contribution in [0.5, 0.6) is 0 Å². The molecule has 0 fully saturated rings. The number of fused-ring (bicyclic) bond motifs is 2. The maximum atomic E-state index is 12.3. The highest BCUT2D eigenvalue weighted by Crippen LogP contribution is 2.28. The van der Waals surface area contributed by atoms with E-state index in [4.69, 9.17) is 4.42 Å². The highest BCUT2D eigenvalue weighted by Gasteiger charge is 2.20. The fourth-order valence-corrected chi connectivity index (χ4v) is 3.71. The molecular weight excluding hydrogens is 334 g/mol. The van der Waals surface area contributed by atoms with Crippen LogP contribution in [-0.4, -0.2) is 29.4 Å². The van der Waals surface area contributed by atoms with E-state index in [2.05, 4.69) is 22.2 Å². The minimum absolute atomic E-state index is 0. The van der Waals surface area contributed by atoms with Crippen LogP contribution in [0.25, 0.3) is 11.0 Å². The summed E-state index contributed by atoms with van der Waals surface area (Å²) in [6, 6.07) is 9.34. The number of aromatic nitrogens is 1. The number of nitrogens with zero attached hydrogens (tertiary/aromatic N) is 2. The number of hydrogen-bond donors (Lipinski definition) is 1. The van der Waals surface area contributed by atoms with Gasteiger partial charge in [0.2, 0.25) is 0 Å². The molecule has 1 aromatic carbocycles. The average molecular weight is 350 g/mol. The number of amides is 1. The molecule has 2 aromatic heterocycles. The second kappa shape index (κ2) is 6.31. The normalized spacial score (nSPS) is 14.3. The van der Waals surface area contributed by atoms with Crippen molar-refractivity contribution < 1.29 is 9.21 Å². The number of halogens is 1. The summed E-state index contributed by atoms with van der Waals surface area (Å²) in [5.74, 6) is 0.0575. The van der Waals surface area contributed by atoms with Crippen LogP contribution in [0.3, 0.4) is 0 Å². The van der Waals surface area contributed by atoms with E-state index in [0.717, 1.165) is 30.6 Å². The molecule has 7 heteroatoms. The Morgan fingerprint density at radius 2 is 2.22 bits per heavy atom. The zero-order valence-corrected chi connectivity index (χ0v) is 14.2. The first-order valence-electron chi connectivity index (χ1n) is 7.16. The number of furan rings is 1. The quantitative estimate of drug-likeness (QED) is 0.768. The predicted octanol–water partition coefficient (Wildman–Crippen LogP) is 3.55. The summed E-state index contributed by atoms with van der Waals surface area (Å²) in [4.78, 5) is 20.3. The predicted molar refractivity (Wildman–Crippen MR) is 93.6 cm³/mol. The van der Waals surface area contributed by atoms with Crippen molar-refractivity contribution in [3.8, 4) is 0 Å². The van der Waals surface area contributed by atoms with Gasteiger partial charge >= 0.3 is 0 Å². The standard InChI is InChI=1S/C16H15N3O2S.ClH/c1-19-7-6-11-14(9-19)22-16(17-11)18-15(20)13-8-10-4-2-3-5-12(10)21-13;/h2-5,8H,6-7,9H2,1H3,(H,17,18,20);1H. The molecule has 23 heavy (non-hydrogen) atoms. The van der Waals surface area contributed by atoms with Gasteiger partial charge in [-0.2, -0.15) is 0 Å². The van der Waals surface area contributed by atoms with Crippen LogP contribution >= 0.6 is 23.7 Å². The number of carbonyl (C=O) groups is 1. The van der Waals surface area contributed by atoms with Crippen molar-refractivity contribution in [3.63, 3.8) is 0 Å². The molecule has 0 saturated carbocycles. The van der Waals surface area contributed by atoms with Gasteiger partial charge in [-0.15, -0.1) is 23.7 Å². The van der Waals surface area contributed by atoms with Crippen LogP contribution < -0.4 is 5.32 Å². The number of benzene rings is 1. The topological polar surface area (TPSA) is 58.4 Å². The van der Waals surface area contributed by atoms with Crippen molar-refractivity contribution in [1.82, 2.24) is 9.88 Å². The van der Waals surface area contributed by atoms with Crippen molar-refractivity contribution in [1.29, 1.82) is 0 Å². The van der Waals surface area contributed by atoms with Crippen molar-refractivity contribution in [2.45, 2.75) is 13.0 Å². The summed E-state index contributed by atoms with van der Waals surface area (Å²) in [6.45, 7) is 1.90. The lowest BCUT2D eigenvalue weighted by Crippen LogP contribution is -2.25. The number of anilines is 1. The van der Waals surface area contributed by atoms with Crippen molar-refractivity contribution in [2.24, 2.45) is 0 Å². The third-order valence-corrected chi connectivity index (χ3v) is 4.79. The second-order valence-corrected chi connectivity index (χ2v) is 6.56. The fourth-order valence-electron chi connectivity index (χ4n) is 2.63. The van der Waals surface area contributed by atoms with Gasteiger partial charge in [-0.05, 0) is 19.2 Å². The average Bonchev–Trinajstić information content (AvgIpc) is 3.09. The molecule has 1 N–H and O–H groups in total. The van der Waals surface area contributed by atoms with Crippen molar-refractivity contribution >= 4 is 45.8 Å². The minimum Gasteiger partial charge on any atom is -0.451 e. The van der Waals surface area contributed by atoms with Gasteiger partial charge in [-0.1, -0.05) is 18.2 Å². The number of likely N-dealkylation sites (N-methyl/N-ethyl adjacent to an activating group) is 1. The highest BCUT2D eigenvalue weighted by molar-refractivity contribution is 7.15. The van der Waals surface area contributed by atoms with E-state index in [9.17, 15) is 4.79 Å². The molecule has 1 aliphatic rings. The summed E-state index contributed by atoms with van der Waals surface area (Å²) in [5, 5.41) is 4.42. The molecule has 0 unspecified atom stereocenters. The molecule has 0 spiro atoms. The summed E-state index contributed by atoms with van der Waals surface area (Å²) in [5.41, 5.74) is 1.82. The lowest BCUT2D eigenvalue weighted by Gasteiger charge is -2.20. The molecule has 0 bridgehead atoms. The Morgan fingerprint density at radius 1 is 1.39 bits per heavy atom. The molecule has 120 valence electrons. The van der Waals surface area contributed by atoms with Gasteiger partial charge in [0.25, 0.3) is 5.91 Å². The minimum atomic E-state index is -0.254. The van der Waals surface area contributed by atoms with E-state index in [0.29, 0.717) is 16.5 Å². The maximum Gasteiger partial charge on any atom is 0.293 e. The van der Waals surface area contributed by atoms with E-state index in [1.807, 2.05) is 24.3 Å². The number of rotatable bonds is 2. The number of nitrogens with one attached hydrogen (secondary N) is 1. The van der Waals surface area contributed by atoms with Gasteiger partial charge in [0.15, 0.2) is 10.9 Å². The monoisotopic (exact) mass is 349 g/mol. The van der Waals surface area contributed by atoms with Gasteiger partial charge in [0.1, 0.15) is 5.58 Å². The maximum absolute atomic E-state index is 12.3. The molecule has 5 nitrogen and oxygen atoms in total. The molecule has 4 rings (SSSR count). The fraction of sp³-hybridized carbons (Fsp3) is 0.250. The van der Waals surface area contributed by atoms with Crippen LogP contribution in [0.4, 0.5) is 5.13 Å².